The fraction of sp³-hybridized carbons (Fsp3) is 0. The summed E-state index contributed by atoms with van der Waals surface area (Å²) in [5.74, 6) is 0.867. The maximum atomic E-state index is 6.01. The van der Waals surface area contributed by atoms with Crippen LogP contribution in [0.1, 0.15) is 0 Å². The Hall–Kier alpha value is -0.600. The van der Waals surface area contributed by atoms with E-state index in [-0.39, 0.29) is 5.02 Å². The van der Waals surface area contributed by atoms with Crippen molar-refractivity contribution in [3.63, 3.8) is 0 Å². The van der Waals surface area contributed by atoms with Crippen LogP contribution in [0.3, 0.4) is 0 Å². The smallest absolute Gasteiger partial charge is 0.166 e. The number of halogens is 4. The Labute approximate surface area is 119 Å². The van der Waals surface area contributed by atoms with Gasteiger partial charge in [-0.15, -0.1) is 0 Å². The fourth-order valence-corrected chi connectivity index (χ4v) is 2.03. The van der Waals surface area contributed by atoms with Crippen LogP contribution >= 0.6 is 46.4 Å². The molecule has 2 aromatic rings. The highest BCUT2D eigenvalue weighted by molar-refractivity contribution is 6.44. The zero-order chi connectivity index (χ0) is 12.4. The molecule has 0 heterocycles. The molecule has 0 amide bonds. The van der Waals surface area contributed by atoms with Crippen LogP contribution in [-0.4, -0.2) is 0 Å². The van der Waals surface area contributed by atoms with Gasteiger partial charge in [0.05, 0.1) is 10.0 Å². The molecule has 0 atom stereocenters. The minimum absolute atomic E-state index is 0.277. The van der Waals surface area contributed by atoms with Gasteiger partial charge in [0.1, 0.15) is 10.8 Å². The van der Waals surface area contributed by atoms with E-state index < -0.39 is 0 Å². The van der Waals surface area contributed by atoms with Gasteiger partial charge in [0, 0.05) is 5.02 Å². The second kappa shape index (κ2) is 5.36. The molecule has 2 aromatic carbocycles. The molecular weight excluding hydrogens is 302 g/mol. The van der Waals surface area contributed by atoms with E-state index in [1.807, 2.05) is 0 Å². The van der Waals surface area contributed by atoms with Crippen LogP contribution in [-0.2, 0) is 0 Å². The minimum atomic E-state index is 0.277. The molecule has 2 rings (SSSR count). The normalized spacial score (nSPS) is 10.4. The fourth-order valence-electron chi connectivity index (χ4n) is 1.25. The molecule has 1 nitrogen and oxygen atoms in total. The Kier molecular flexibility index (Phi) is 4.05. The van der Waals surface area contributed by atoms with Gasteiger partial charge in [-0.05, 0) is 30.3 Å². The molecular formula is C12H6Cl4O. The van der Waals surface area contributed by atoms with Gasteiger partial charge in [0.2, 0.25) is 0 Å². The summed E-state index contributed by atoms with van der Waals surface area (Å²) in [6, 6.07) is 10.2. The van der Waals surface area contributed by atoms with Crippen LogP contribution in [0.2, 0.25) is 20.1 Å². The third-order valence-electron chi connectivity index (χ3n) is 2.02. The van der Waals surface area contributed by atoms with E-state index in [1.165, 1.54) is 0 Å². The molecule has 0 radical (unpaired) electrons. The summed E-state index contributed by atoms with van der Waals surface area (Å²) in [5, 5.41) is 1.61. The quantitative estimate of drug-likeness (QED) is 0.610. The summed E-state index contributed by atoms with van der Waals surface area (Å²) in [5.41, 5.74) is 0. The molecule has 17 heavy (non-hydrogen) atoms. The third-order valence-corrected chi connectivity index (χ3v) is 3.34. The average molecular weight is 308 g/mol. The summed E-state index contributed by atoms with van der Waals surface area (Å²) in [4.78, 5) is 0. The first kappa shape index (κ1) is 12.8. The van der Waals surface area contributed by atoms with Crippen molar-refractivity contribution in [2.75, 3.05) is 0 Å². The van der Waals surface area contributed by atoms with Crippen LogP contribution in [0.25, 0.3) is 0 Å². The Bertz CT molecular complexity index is 554. The first-order valence-corrected chi connectivity index (χ1v) is 6.16. The van der Waals surface area contributed by atoms with Gasteiger partial charge < -0.3 is 4.74 Å². The van der Waals surface area contributed by atoms with Crippen LogP contribution in [0, 0.1) is 0 Å². The highest BCUT2D eigenvalue weighted by Gasteiger charge is 2.12. The van der Waals surface area contributed by atoms with Gasteiger partial charge in [-0.3, -0.25) is 0 Å². The first-order valence-electron chi connectivity index (χ1n) is 4.65. The lowest BCUT2D eigenvalue weighted by Gasteiger charge is -2.10. The average Bonchev–Trinajstić information content (AvgIpc) is 2.30. The molecule has 0 aromatic heterocycles. The number of rotatable bonds is 2. The second-order valence-corrected chi connectivity index (χ2v) is 4.86. The zero-order valence-electron chi connectivity index (χ0n) is 8.38. The Morgan fingerprint density at radius 3 is 2.24 bits per heavy atom. The monoisotopic (exact) mass is 306 g/mol. The standard InChI is InChI=1S/C12H6Cl4O/c13-7-2-1-3-8(6-7)17-12-10(15)5-4-9(14)11(12)16/h1-6H. The highest BCUT2D eigenvalue weighted by Crippen LogP contribution is 2.40. The summed E-state index contributed by atoms with van der Waals surface area (Å²) in [6.45, 7) is 0. The number of ether oxygens (including phenoxy) is 1. The van der Waals surface area contributed by atoms with Crippen molar-refractivity contribution in [3.8, 4) is 11.5 Å². The number of hydrogen-bond acceptors (Lipinski definition) is 1. The van der Waals surface area contributed by atoms with E-state index in [9.17, 15) is 0 Å². The lowest BCUT2D eigenvalue weighted by atomic mass is 10.3. The molecule has 0 N–H and O–H groups in total. The van der Waals surface area contributed by atoms with Gasteiger partial charge in [0.25, 0.3) is 0 Å². The second-order valence-electron chi connectivity index (χ2n) is 3.23. The van der Waals surface area contributed by atoms with Gasteiger partial charge in [-0.2, -0.15) is 0 Å². The molecule has 0 saturated heterocycles. The largest absolute Gasteiger partial charge is 0.454 e. The Morgan fingerprint density at radius 2 is 1.53 bits per heavy atom. The minimum Gasteiger partial charge on any atom is -0.454 e. The van der Waals surface area contributed by atoms with E-state index in [2.05, 4.69) is 0 Å². The first-order chi connectivity index (χ1) is 8.08. The highest BCUT2D eigenvalue weighted by atomic mass is 35.5. The molecule has 0 spiro atoms. The van der Waals surface area contributed by atoms with E-state index in [4.69, 9.17) is 51.1 Å². The van der Waals surface area contributed by atoms with Crippen molar-refractivity contribution in [2.45, 2.75) is 0 Å². The molecule has 0 fully saturated rings. The lowest BCUT2D eigenvalue weighted by Crippen LogP contribution is -1.87. The maximum absolute atomic E-state index is 6.01. The Morgan fingerprint density at radius 1 is 0.824 bits per heavy atom. The third kappa shape index (κ3) is 2.99. The van der Waals surface area contributed by atoms with Crippen molar-refractivity contribution in [1.82, 2.24) is 0 Å². The predicted molar refractivity (Wildman–Crippen MR) is 73.0 cm³/mol. The van der Waals surface area contributed by atoms with Gasteiger partial charge in [-0.1, -0.05) is 52.5 Å². The maximum Gasteiger partial charge on any atom is 0.166 e. The number of benzene rings is 2. The molecule has 88 valence electrons. The van der Waals surface area contributed by atoms with E-state index in [1.54, 1.807) is 36.4 Å². The predicted octanol–water partition coefficient (Wildman–Crippen LogP) is 6.09. The van der Waals surface area contributed by atoms with Crippen LogP contribution < -0.4 is 4.74 Å². The van der Waals surface area contributed by atoms with E-state index in [0.717, 1.165) is 0 Å². The van der Waals surface area contributed by atoms with Crippen LogP contribution in [0.4, 0.5) is 0 Å². The zero-order valence-corrected chi connectivity index (χ0v) is 11.4. The molecule has 5 heteroatoms. The molecule has 0 aliphatic heterocycles. The van der Waals surface area contributed by atoms with Crippen molar-refractivity contribution in [1.29, 1.82) is 0 Å². The molecule has 0 aliphatic carbocycles. The lowest BCUT2D eigenvalue weighted by molar-refractivity contribution is 0.483. The van der Waals surface area contributed by atoms with Crippen LogP contribution in [0.5, 0.6) is 11.5 Å². The topological polar surface area (TPSA) is 9.23 Å². The van der Waals surface area contributed by atoms with Gasteiger partial charge in [-0.25, -0.2) is 0 Å². The molecule has 0 bridgehead atoms. The molecule has 0 unspecified atom stereocenters. The molecule has 0 saturated carbocycles. The van der Waals surface area contributed by atoms with Gasteiger partial charge in [0.15, 0.2) is 5.75 Å². The summed E-state index contributed by atoms with van der Waals surface area (Å²) in [7, 11) is 0. The molecule has 0 aliphatic rings. The van der Waals surface area contributed by atoms with E-state index >= 15 is 0 Å². The Balaban J connectivity index is 2.39. The summed E-state index contributed by atoms with van der Waals surface area (Å²) < 4.78 is 5.57. The SMILES string of the molecule is Clc1cccc(Oc2c(Cl)ccc(Cl)c2Cl)c1. The van der Waals surface area contributed by atoms with Crippen molar-refractivity contribution >= 4 is 46.4 Å². The van der Waals surface area contributed by atoms with E-state index in [0.29, 0.717) is 26.6 Å². The van der Waals surface area contributed by atoms with Crippen molar-refractivity contribution in [3.05, 3.63) is 56.5 Å². The van der Waals surface area contributed by atoms with Crippen molar-refractivity contribution < 1.29 is 4.74 Å². The van der Waals surface area contributed by atoms with Crippen LogP contribution in [0.15, 0.2) is 36.4 Å². The summed E-state index contributed by atoms with van der Waals surface area (Å²) in [6.07, 6.45) is 0. The summed E-state index contributed by atoms with van der Waals surface area (Å²) >= 11 is 23.7. The van der Waals surface area contributed by atoms with Crippen molar-refractivity contribution in [2.24, 2.45) is 0 Å². The van der Waals surface area contributed by atoms with Gasteiger partial charge >= 0.3 is 0 Å². The number of hydrogen-bond donors (Lipinski definition) is 0.